The van der Waals surface area contributed by atoms with Crippen molar-refractivity contribution in [1.82, 2.24) is 8.97 Å². The maximum Gasteiger partial charge on any atom is 0.208 e. The molecule has 0 amide bonds. The minimum atomic E-state index is -1.79. The molecule has 0 aliphatic heterocycles. The lowest BCUT2D eigenvalue weighted by Gasteiger charge is -2.20. The topological polar surface area (TPSA) is 535 Å². The van der Waals surface area contributed by atoms with E-state index in [-0.39, 0.29) is 4.57 Å². The van der Waals surface area contributed by atoms with Crippen LogP contribution in [0.15, 0.2) is 0 Å². The molecular weight excluding hydrogens is 948 g/mol. The summed E-state index contributed by atoms with van der Waals surface area (Å²) in [6, 6.07) is 0. The Balaban J connectivity index is 1.39. The number of fused-ring (bicyclic) bond motifs is 9. The molecule has 0 aliphatic carbocycles. The van der Waals surface area contributed by atoms with Crippen molar-refractivity contribution in [1.29, 1.82) is 0 Å². The molecule has 0 fully saturated rings. The smallest absolute Gasteiger partial charge is 0.208 e. The first-order valence-electron chi connectivity index (χ1n) is 18.9. The number of phenols is 26. The minimum absolute atomic E-state index is 0.0676. The molecule has 0 atom stereocenters. The molecule has 0 saturated heterocycles. The van der Waals surface area contributed by atoms with Gasteiger partial charge in [-0.05, 0) is 0 Å². The van der Waals surface area contributed by atoms with Crippen LogP contribution >= 0.6 is 0 Å². The zero-order valence-corrected chi connectivity index (χ0v) is 33.5. The molecule has 10 aromatic rings. The summed E-state index contributed by atoms with van der Waals surface area (Å²) >= 11 is 0. The number of aromatic nitrogens is 2. The maximum absolute atomic E-state index is 12.2. The third kappa shape index (κ3) is 4.41. The molecule has 7 aromatic carbocycles. The molecule has 10 rings (SSSR count). The highest BCUT2D eigenvalue weighted by molar-refractivity contribution is 6.33. The van der Waals surface area contributed by atoms with Crippen molar-refractivity contribution in [2.24, 2.45) is 0 Å². The molecule has 0 bridgehead atoms. The van der Waals surface area contributed by atoms with Crippen LogP contribution in [0.2, 0.25) is 0 Å². The van der Waals surface area contributed by atoms with Crippen molar-refractivity contribution in [2.75, 3.05) is 0 Å². The molecule has 0 radical (unpaired) electrons. The number of rotatable bonds is 3. The van der Waals surface area contributed by atoms with Gasteiger partial charge in [0.2, 0.25) is 46.0 Å². The zero-order valence-electron chi connectivity index (χ0n) is 33.5. The fourth-order valence-corrected chi connectivity index (χ4v) is 9.18. The van der Waals surface area contributed by atoms with Gasteiger partial charge in [0.05, 0.1) is 60.1 Å². The Labute approximate surface area is 378 Å². The quantitative estimate of drug-likeness (QED) is 0.0888. The maximum atomic E-state index is 12.2. The van der Waals surface area contributed by atoms with Crippen molar-refractivity contribution in [3.63, 3.8) is 0 Å². The van der Waals surface area contributed by atoms with Crippen LogP contribution in [0.25, 0.3) is 87.8 Å². The molecule has 0 aliphatic rings. The average Bonchev–Trinajstić information content (AvgIpc) is 3.99. The van der Waals surface area contributed by atoms with Gasteiger partial charge in [-0.25, -0.2) is 0 Å². The molecule has 28 heteroatoms. The highest BCUT2D eigenvalue weighted by Crippen LogP contribution is 2.68. The highest BCUT2D eigenvalue weighted by Gasteiger charge is 2.41. The van der Waals surface area contributed by atoms with E-state index in [2.05, 4.69) is 0 Å². The second-order valence-electron chi connectivity index (χ2n) is 15.6. The first-order chi connectivity index (χ1) is 32.7. The fraction of sp³-hybridized carbons (Fsp3) is 0. The van der Waals surface area contributed by atoms with Crippen LogP contribution in [0, 0.1) is 0 Å². The number of benzene rings is 7. The van der Waals surface area contributed by atoms with E-state index in [0.29, 0.717) is 4.40 Å². The summed E-state index contributed by atoms with van der Waals surface area (Å²) in [5, 5.41) is 282. The Morgan fingerprint density at radius 1 is 0.157 bits per heavy atom. The van der Waals surface area contributed by atoms with Crippen molar-refractivity contribution in [2.45, 2.75) is 0 Å². The van der Waals surface area contributed by atoms with Crippen molar-refractivity contribution in [3.05, 3.63) is 0 Å². The van der Waals surface area contributed by atoms with Gasteiger partial charge in [0.15, 0.2) is 92.0 Å². The van der Waals surface area contributed by atoms with E-state index in [0.717, 1.165) is 0 Å². The van der Waals surface area contributed by atoms with E-state index in [4.69, 9.17) is 0 Å². The van der Waals surface area contributed by atoms with E-state index in [1.165, 1.54) is 0 Å². The highest BCUT2D eigenvalue weighted by atomic mass is 16.4. The predicted molar refractivity (Wildman–Crippen MR) is 230 cm³/mol. The van der Waals surface area contributed by atoms with E-state index >= 15 is 0 Å². The largest absolute Gasteiger partial charge is 0.506 e. The van der Waals surface area contributed by atoms with Gasteiger partial charge in [-0.2, -0.15) is 0 Å². The first-order valence-corrected chi connectivity index (χ1v) is 18.9. The fourth-order valence-electron chi connectivity index (χ4n) is 9.18. The second kappa shape index (κ2) is 12.8. The van der Waals surface area contributed by atoms with Gasteiger partial charge in [-0.15, -0.1) is 0 Å². The average molecular weight is 975 g/mol. The Kier molecular flexibility index (Phi) is 7.86. The van der Waals surface area contributed by atoms with Crippen LogP contribution in [-0.2, 0) is 0 Å². The van der Waals surface area contributed by atoms with Crippen LogP contribution in [0.1, 0.15) is 0 Å². The molecule has 0 saturated carbocycles. The Morgan fingerprint density at radius 3 is 0.757 bits per heavy atom. The van der Waals surface area contributed by atoms with Gasteiger partial charge >= 0.3 is 0 Å². The van der Waals surface area contributed by atoms with E-state index in [9.17, 15) is 133 Å². The molecule has 0 spiro atoms. The molecule has 360 valence electrons. The first kappa shape index (κ1) is 42.9. The Hall–Kier alpha value is -11.1. The normalized spacial score (nSPS) is 12.1. The molecule has 0 unspecified atom stereocenters. The summed E-state index contributed by atoms with van der Waals surface area (Å²) < 4.78 is 0.661. The van der Waals surface area contributed by atoms with Gasteiger partial charge in [0, 0.05) is 0 Å². The Morgan fingerprint density at radius 2 is 0.357 bits per heavy atom. The van der Waals surface area contributed by atoms with Crippen LogP contribution in [0.4, 0.5) is 0 Å². The van der Waals surface area contributed by atoms with Crippen molar-refractivity contribution in [3.8, 4) is 177 Å². The number of aromatic hydroxyl groups is 26. The van der Waals surface area contributed by atoms with Crippen LogP contribution < -0.4 is 0 Å². The predicted octanol–water partition coefficient (Wildman–Crippen LogP) is 3.61. The van der Waals surface area contributed by atoms with E-state index < -0.39 is 237 Å². The van der Waals surface area contributed by atoms with Gasteiger partial charge in [-0.1, -0.05) is 0 Å². The minimum Gasteiger partial charge on any atom is -0.506 e. The third-order valence-electron chi connectivity index (χ3n) is 12.3. The monoisotopic (exact) mass is 974 g/mol. The summed E-state index contributed by atoms with van der Waals surface area (Å²) in [7, 11) is 0. The van der Waals surface area contributed by atoms with Gasteiger partial charge < -0.3 is 137 Å². The second-order valence-corrected chi connectivity index (χ2v) is 15.6. The summed E-state index contributed by atoms with van der Waals surface area (Å²) in [6.07, 6.45) is 0. The number of hydrogen-bond donors (Lipinski definition) is 26. The van der Waals surface area contributed by atoms with Gasteiger partial charge in [-0.3, -0.25) is 4.57 Å². The van der Waals surface area contributed by atoms with E-state index in [1.54, 1.807) is 0 Å². The Bertz CT molecular complexity index is 4130. The molecule has 26 N–H and O–H groups in total. The van der Waals surface area contributed by atoms with Crippen molar-refractivity contribution >= 4 is 59.9 Å². The lowest BCUT2D eigenvalue weighted by molar-refractivity contribution is 0.329. The molecule has 70 heavy (non-hydrogen) atoms. The number of hydrogen-bond acceptors (Lipinski definition) is 26. The molecule has 3 heterocycles. The summed E-state index contributed by atoms with van der Waals surface area (Å²) in [5.41, 5.74) is -12.2. The van der Waals surface area contributed by atoms with Gasteiger partial charge in [0.25, 0.3) is 0 Å². The van der Waals surface area contributed by atoms with E-state index in [1.807, 2.05) is 0 Å². The lowest BCUT2D eigenvalue weighted by Crippen LogP contribution is -1.99. The number of phenolic OH excluding ortho intramolecular Hbond substituents is 26. The lowest BCUT2D eigenvalue weighted by atomic mass is 9.94. The molecular formula is C42H26N2O26. The summed E-state index contributed by atoms with van der Waals surface area (Å²) in [4.78, 5) is 0. The number of nitrogens with zero attached hydrogens (tertiary/aromatic N) is 2. The van der Waals surface area contributed by atoms with Crippen LogP contribution in [0.3, 0.4) is 0 Å². The van der Waals surface area contributed by atoms with Crippen LogP contribution in [-0.4, -0.2) is 142 Å². The summed E-state index contributed by atoms with van der Waals surface area (Å²) in [6.45, 7) is 0. The molecule has 3 aromatic heterocycles. The van der Waals surface area contributed by atoms with Crippen LogP contribution in [0.5, 0.6) is 149 Å². The standard InChI is InChI=1S/C42H26N2O26/c45-17-3-1-11-2(20(48)35(63)19(1)47)5-14(31(59)40(68)36(64)21(5)49)43(11)12(3)29(57)23(51)7(17)8-18(46)4-6-15(32(60)41(69)37(65)22(6)50)44(13(4)30(58)24(8)52)16-33(61)25(53)9(26(54)34(16)62)10-27(55)38(66)42(70)39(67)28(10)56/h45-70H. The molecule has 28 nitrogen and oxygen atoms in total. The van der Waals surface area contributed by atoms with Crippen molar-refractivity contribution < 1.29 is 133 Å². The van der Waals surface area contributed by atoms with Gasteiger partial charge in [0.1, 0.15) is 39.3 Å². The zero-order chi connectivity index (χ0) is 51.4. The summed E-state index contributed by atoms with van der Waals surface area (Å²) in [5.74, 6) is -40.7. The third-order valence-corrected chi connectivity index (χ3v) is 12.3. The SMILES string of the molecule is Oc1c(O)c(O)c(-c2c(O)c(O)c(-n3c4c(O)c(O)c(O)c(O)c4c4c(O)c(-c5c(O)c(O)c6c(c5O)c5c(O)c(O)c(O)c7c8c(O)c(O)c(O)c(O)c8n6c75)c(O)c(O)c43)c(O)c2O)c(O)c1O.